The van der Waals surface area contributed by atoms with E-state index in [1.807, 2.05) is 0 Å². The van der Waals surface area contributed by atoms with E-state index in [1.165, 1.54) is 12.0 Å². The van der Waals surface area contributed by atoms with Gasteiger partial charge in [0.2, 0.25) is 0 Å². The molecule has 0 fully saturated rings. The van der Waals surface area contributed by atoms with E-state index in [2.05, 4.69) is 51.5 Å². The van der Waals surface area contributed by atoms with Crippen molar-refractivity contribution in [2.45, 2.75) is 40.2 Å². The summed E-state index contributed by atoms with van der Waals surface area (Å²) < 4.78 is 0. The van der Waals surface area contributed by atoms with Crippen molar-refractivity contribution in [3.05, 3.63) is 12.2 Å². The van der Waals surface area contributed by atoms with Gasteiger partial charge in [-0.25, -0.2) is 0 Å². The molecule has 0 aromatic heterocycles. The first-order valence-electron chi connectivity index (χ1n) is 6.04. The molecule has 0 aromatic carbocycles. The first-order chi connectivity index (χ1) is 6.99. The van der Waals surface area contributed by atoms with E-state index in [0.29, 0.717) is 12.0 Å². The molecule has 0 amide bonds. The van der Waals surface area contributed by atoms with Crippen LogP contribution in [-0.4, -0.2) is 37.6 Å². The van der Waals surface area contributed by atoms with Crippen LogP contribution < -0.4 is 5.32 Å². The van der Waals surface area contributed by atoms with Crippen LogP contribution in [0, 0.1) is 5.92 Å². The van der Waals surface area contributed by atoms with Crippen LogP contribution in [0.2, 0.25) is 0 Å². The van der Waals surface area contributed by atoms with Crippen molar-refractivity contribution < 1.29 is 0 Å². The van der Waals surface area contributed by atoms with Gasteiger partial charge in [-0.15, -0.1) is 0 Å². The summed E-state index contributed by atoms with van der Waals surface area (Å²) in [5, 5.41) is 3.50. The van der Waals surface area contributed by atoms with Crippen molar-refractivity contribution in [1.82, 2.24) is 10.2 Å². The normalized spacial score (nSPS) is 13.5. The molecule has 2 nitrogen and oxygen atoms in total. The van der Waals surface area contributed by atoms with Gasteiger partial charge in [0.15, 0.2) is 0 Å². The monoisotopic (exact) mass is 212 g/mol. The highest BCUT2D eigenvalue weighted by Gasteiger charge is 2.17. The van der Waals surface area contributed by atoms with E-state index >= 15 is 0 Å². The van der Waals surface area contributed by atoms with E-state index in [-0.39, 0.29) is 0 Å². The number of hydrogen-bond acceptors (Lipinski definition) is 2. The summed E-state index contributed by atoms with van der Waals surface area (Å²) in [4.78, 5) is 2.40. The van der Waals surface area contributed by atoms with Crippen LogP contribution in [0.4, 0.5) is 0 Å². The van der Waals surface area contributed by atoms with Crippen LogP contribution in [0.25, 0.3) is 0 Å². The molecule has 0 aliphatic rings. The van der Waals surface area contributed by atoms with Crippen molar-refractivity contribution in [1.29, 1.82) is 0 Å². The van der Waals surface area contributed by atoms with Crippen LogP contribution in [-0.2, 0) is 0 Å². The standard InChI is InChI=1S/C13H28N2/c1-7-8-14-9-13(12(4)5)15(6)10-11(2)3/h12-14H,2,7-10H2,1,3-6H3. The third-order valence-electron chi connectivity index (χ3n) is 2.64. The lowest BCUT2D eigenvalue weighted by Gasteiger charge is -2.31. The molecule has 0 aliphatic heterocycles. The van der Waals surface area contributed by atoms with Gasteiger partial charge >= 0.3 is 0 Å². The minimum absolute atomic E-state index is 0.605. The molecule has 0 rings (SSSR count). The minimum atomic E-state index is 0.605. The second-order valence-electron chi connectivity index (χ2n) is 4.89. The maximum atomic E-state index is 3.97. The van der Waals surface area contributed by atoms with Crippen LogP contribution in [0.3, 0.4) is 0 Å². The Morgan fingerprint density at radius 1 is 1.40 bits per heavy atom. The molecule has 0 aliphatic carbocycles. The molecular weight excluding hydrogens is 184 g/mol. The second kappa shape index (κ2) is 7.89. The highest BCUT2D eigenvalue weighted by atomic mass is 15.1. The van der Waals surface area contributed by atoms with Gasteiger partial charge in [0.05, 0.1) is 0 Å². The van der Waals surface area contributed by atoms with Gasteiger partial charge in [0, 0.05) is 19.1 Å². The van der Waals surface area contributed by atoms with Crippen molar-refractivity contribution in [2.75, 3.05) is 26.7 Å². The average Bonchev–Trinajstić information content (AvgIpc) is 2.10. The molecule has 0 aromatic rings. The lowest BCUT2D eigenvalue weighted by molar-refractivity contribution is 0.201. The molecule has 1 atom stereocenters. The SMILES string of the molecule is C=C(C)CN(C)C(CNCCC)C(C)C. The van der Waals surface area contributed by atoms with Crippen molar-refractivity contribution in [3.8, 4) is 0 Å². The zero-order chi connectivity index (χ0) is 11.8. The largest absolute Gasteiger partial charge is 0.315 e. The highest BCUT2D eigenvalue weighted by Crippen LogP contribution is 2.09. The molecule has 1 unspecified atom stereocenters. The molecule has 15 heavy (non-hydrogen) atoms. The van der Waals surface area contributed by atoms with Gasteiger partial charge in [-0.1, -0.05) is 32.9 Å². The van der Waals surface area contributed by atoms with Gasteiger partial charge in [0.1, 0.15) is 0 Å². The summed E-state index contributed by atoms with van der Waals surface area (Å²) in [6.45, 7) is 16.0. The fraction of sp³-hybridized carbons (Fsp3) is 0.846. The fourth-order valence-corrected chi connectivity index (χ4v) is 1.87. The maximum Gasteiger partial charge on any atom is 0.0243 e. The Labute approximate surface area is 95.7 Å². The third-order valence-corrected chi connectivity index (χ3v) is 2.64. The summed E-state index contributed by atoms with van der Waals surface area (Å²) >= 11 is 0. The smallest absolute Gasteiger partial charge is 0.0243 e. The first kappa shape index (κ1) is 14.7. The molecule has 0 saturated heterocycles. The number of nitrogens with one attached hydrogen (secondary N) is 1. The van der Waals surface area contributed by atoms with Crippen LogP contribution >= 0.6 is 0 Å². The molecule has 0 bridgehead atoms. The van der Waals surface area contributed by atoms with E-state index in [4.69, 9.17) is 0 Å². The minimum Gasteiger partial charge on any atom is -0.315 e. The van der Waals surface area contributed by atoms with E-state index in [0.717, 1.165) is 19.6 Å². The molecule has 0 radical (unpaired) electrons. The van der Waals surface area contributed by atoms with Gasteiger partial charge in [0.25, 0.3) is 0 Å². The molecule has 90 valence electrons. The quantitative estimate of drug-likeness (QED) is 0.491. The van der Waals surface area contributed by atoms with E-state index in [9.17, 15) is 0 Å². The molecule has 0 heterocycles. The lowest BCUT2D eigenvalue weighted by atomic mass is 10.0. The zero-order valence-electron chi connectivity index (χ0n) is 11.1. The predicted molar refractivity (Wildman–Crippen MR) is 69.2 cm³/mol. The summed E-state index contributed by atoms with van der Waals surface area (Å²) in [5.41, 5.74) is 1.23. The summed E-state index contributed by atoms with van der Waals surface area (Å²) in [6, 6.07) is 0.605. The second-order valence-corrected chi connectivity index (χ2v) is 4.89. The summed E-state index contributed by atoms with van der Waals surface area (Å²) in [5.74, 6) is 0.679. The van der Waals surface area contributed by atoms with Gasteiger partial charge < -0.3 is 5.32 Å². The zero-order valence-corrected chi connectivity index (χ0v) is 11.1. The maximum absolute atomic E-state index is 3.97. The van der Waals surface area contributed by atoms with Crippen LogP contribution in [0.5, 0.6) is 0 Å². The van der Waals surface area contributed by atoms with Crippen molar-refractivity contribution in [2.24, 2.45) is 5.92 Å². The Hall–Kier alpha value is -0.340. The Kier molecular flexibility index (Phi) is 7.71. The number of nitrogens with zero attached hydrogens (tertiary/aromatic N) is 1. The van der Waals surface area contributed by atoms with Crippen molar-refractivity contribution >= 4 is 0 Å². The van der Waals surface area contributed by atoms with Gasteiger partial charge in [-0.3, -0.25) is 4.90 Å². The highest BCUT2D eigenvalue weighted by molar-refractivity contribution is 4.93. The number of hydrogen-bond donors (Lipinski definition) is 1. The van der Waals surface area contributed by atoms with Gasteiger partial charge in [-0.2, -0.15) is 0 Å². The number of rotatable bonds is 8. The summed E-state index contributed by atoms with van der Waals surface area (Å²) in [6.07, 6.45) is 1.20. The van der Waals surface area contributed by atoms with Gasteiger partial charge in [-0.05, 0) is 32.9 Å². The van der Waals surface area contributed by atoms with Crippen molar-refractivity contribution in [3.63, 3.8) is 0 Å². The Balaban J connectivity index is 4.06. The molecule has 2 heteroatoms. The molecule has 0 spiro atoms. The Bertz CT molecular complexity index is 175. The first-order valence-corrected chi connectivity index (χ1v) is 6.04. The Morgan fingerprint density at radius 2 is 2.00 bits per heavy atom. The predicted octanol–water partition coefficient (Wildman–Crippen LogP) is 2.52. The van der Waals surface area contributed by atoms with Crippen LogP contribution in [0.15, 0.2) is 12.2 Å². The fourth-order valence-electron chi connectivity index (χ4n) is 1.87. The number of likely N-dealkylation sites (N-methyl/N-ethyl adjacent to an activating group) is 1. The summed E-state index contributed by atoms with van der Waals surface area (Å²) in [7, 11) is 2.19. The Morgan fingerprint density at radius 3 is 2.40 bits per heavy atom. The molecular formula is C13H28N2. The van der Waals surface area contributed by atoms with Crippen LogP contribution in [0.1, 0.15) is 34.1 Å². The topological polar surface area (TPSA) is 15.3 Å². The molecule has 1 N–H and O–H groups in total. The third kappa shape index (κ3) is 6.69. The van der Waals surface area contributed by atoms with E-state index < -0.39 is 0 Å². The van der Waals surface area contributed by atoms with E-state index in [1.54, 1.807) is 0 Å². The lowest BCUT2D eigenvalue weighted by Crippen LogP contribution is -2.44. The molecule has 0 saturated carbocycles. The average molecular weight is 212 g/mol.